The zero-order valence-corrected chi connectivity index (χ0v) is 12.6. The monoisotopic (exact) mass is 289 g/mol. The van der Waals surface area contributed by atoms with Crippen molar-refractivity contribution in [2.75, 3.05) is 10.5 Å². The smallest absolute Gasteiger partial charge is 0.232 e. The van der Waals surface area contributed by atoms with E-state index in [2.05, 4.69) is 4.72 Å². The van der Waals surface area contributed by atoms with Gasteiger partial charge in [-0.1, -0.05) is 32.9 Å². The van der Waals surface area contributed by atoms with E-state index in [1.165, 1.54) is 0 Å². The van der Waals surface area contributed by atoms with Gasteiger partial charge in [0.05, 0.1) is 5.75 Å². The summed E-state index contributed by atoms with van der Waals surface area (Å²) in [7, 11) is -3.27. The summed E-state index contributed by atoms with van der Waals surface area (Å²) < 4.78 is 26.3. The molecule has 0 fully saturated rings. The Kier molecular flexibility index (Phi) is 5.05. The third-order valence-corrected chi connectivity index (χ3v) is 4.10. The molecule has 0 saturated heterocycles. The Labute approximate surface area is 115 Å². The van der Waals surface area contributed by atoms with Gasteiger partial charge in [0.2, 0.25) is 10.0 Å². The molecule has 0 unspecified atom stereocenters. The molecule has 0 aliphatic carbocycles. The fraction of sp³-hybridized carbons (Fsp3) is 0.538. The van der Waals surface area contributed by atoms with Crippen molar-refractivity contribution >= 4 is 27.3 Å². The average molecular weight is 290 g/mol. The summed E-state index contributed by atoms with van der Waals surface area (Å²) in [6, 6.07) is 7.09. The van der Waals surface area contributed by atoms with Gasteiger partial charge in [-0.15, -0.1) is 11.6 Å². The number of hydrogen-bond acceptors (Lipinski definition) is 2. The molecule has 18 heavy (non-hydrogen) atoms. The minimum Gasteiger partial charge on any atom is -0.284 e. The molecule has 102 valence electrons. The van der Waals surface area contributed by atoms with Crippen molar-refractivity contribution in [2.45, 2.75) is 33.1 Å². The molecule has 0 aliphatic heterocycles. The molecule has 1 N–H and O–H groups in total. The van der Waals surface area contributed by atoms with Gasteiger partial charge in [0, 0.05) is 11.6 Å². The second-order valence-electron chi connectivity index (χ2n) is 5.56. The summed E-state index contributed by atoms with van der Waals surface area (Å²) in [5, 5.41) is 0. The van der Waals surface area contributed by atoms with E-state index in [1.54, 1.807) is 12.1 Å². The van der Waals surface area contributed by atoms with E-state index in [0.717, 1.165) is 5.56 Å². The minimum absolute atomic E-state index is 0.0111. The first-order valence-corrected chi connectivity index (χ1v) is 8.06. The Balaban J connectivity index is 2.64. The number of anilines is 1. The van der Waals surface area contributed by atoms with Gasteiger partial charge in [-0.05, 0) is 29.5 Å². The number of rotatable bonds is 5. The molecule has 1 aromatic rings. The fourth-order valence-electron chi connectivity index (χ4n) is 1.33. The molecule has 0 amide bonds. The Morgan fingerprint density at radius 1 is 1.17 bits per heavy atom. The second kappa shape index (κ2) is 5.93. The molecule has 0 heterocycles. The molecular weight excluding hydrogens is 270 g/mol. The van der Waals surface area contributed by atoms with Crippen molar-refractivity contribution in [1.82, 2.24) is 0 Å². The van der Waals surface area contributed by atoms with Crippen LogP contribution in [0.5, 0.6) is 0 Å². The predicted octanol–water partition coefficient (Wildman–Crippen LogP) is 3.60. The van der Waals surface area contributed by atoms with Crippen LogP contribution in [0.1, 0.15) is 32.8 Å². The molecule has 0 bridgehead atoms. The summed E-state index contributed by atoms with van der Waals surface area (Å²) in [5.74, 6) is 0.560. The van der Waals surface area contributed by atoms with Crippen LogP contribution in [0.3, 0.4) is 0 Å². The van der Waals surface area contributed by atoms with Crippen LogP contribution in [0, 0.1) is 5.41 Å². The van der Waals surface area contributed by atoms with E-state index < -0.39 is 10.0 Å². The molecule has 0 spiro atoms. The van der Waals surface area contributed by atoms with Gasteiger partial charge in [-0.25, -0.2) is 8.42 Å². The molecule has 1 rings (SSSR count). The van der Waals surface area contributed by atoms with Crippen molar-refractivity contribution in [3.8, 4) is 0 Å². The van der Waals surface area contributed by atoms with Crippen LogP contribution in [0.2, 0.25) is 0 Å². The molecule has 0 atom stereocenters. The van der Waals surface area contributed by atoms with E-state index in [0.29, 0.717) is 18.0 Å². The average Bonchev–Trinajstić information content (AvgIpc) is 2.26. The van der Waals surface area contributed by atoms with Crippen LogP contribution in [0.15, 0.2) is 24.3 Å². The largest absolute Gasteiger partial charge is 0.284 e. The van der Waals surface area contributed by atoms with Crippen LogP contribution >= 0.6 is 11.6 Å². The lowest BCUT2D eigenvalue weighted by Gasteiger charge is -2.18. The molecule has 0 aliphatic rings. The van der Waals surface area contributed by atoms with Crippen molar-refractivity contribution in [1.29, 1.82) is 0 Å². The Morgan fingerprint density at radius 3 is 2.17 bits per heavy atom. The molecule has 1 aromatic carbocycles. The predicted molar refractivity (Wildman–Crippen MR) is 77.5 cm³/mol. The zero-order valence-electron chi connectivity index (χ0n) is 11.0. The maximum atomic E-state index is 11.9. The number of sulfonamides is 1. The van der Waals surface area contributed by atoms with E-state index in [1.807, 2.05) is 32.9 Å². The highest BCUT2D eigenvalue weighted by Gasteiger charge is 2.17. The van der Waals surface area contributed by atoms with Gasteiger partial charge in [-0.3, -0.25) is 4.72 Å². The van der Waals surface area contributed by atoms with Crippen LogP contribution in [-0.2, 0) is 15.9 Å². The summed E-state index contributed by atoms with van der Waals surface area (Å²) >= 11 is 5.67. The Morgan fingerprint density at radius 2 is 1.72 bits per heavy atom. The van der Waals surface area contributed by atoms with Crippen molar-refractivity contribution in [3.63, 3.8) is 0 Å². The lowest BCUT2D eigenvalue weighted by molar-refractivity contribution is 0.397. The quantitative estimate of drug-likeness (QED) is 0.842. The number of alkyl halides is 1. The first kappa shape index (κ1) is 15.3. The third-order valence-electron chi connectivity index (χ3n) is 2.50. The fourth-order valence-corrected chi connectivity index (χ4v) is 2.99. The normalized spacial score (nSPS) is 12.4. The highest BCUT2D eigenvalue weighted by atomic mass is 35.5. The maximum Gasteiger partial charge on any atom is 0.232 e. The van der Waals surface area contributed by atoms with E-state index >= 15 is 0 Å². The minimum atomic E-state index is -3.27. The van der Waals surface area contributed by atoms with Gasteiger partial charge in [0.1, 0.15) is 0 Å². The summed E-state index contributed by atoms with van der Waals surface area (Å²) in [5.41, 5.74) is 1.56. The molecule has 3 nitrogen and oxygen atoms in total. The lowest BCUT2D eigenvalue weighted by Crippen LogP contribution is -2.20. The van der Waals surface area contributed by atoms with Gasteiger partial charge in [-0.2, -0.15) is 0 Å². The van der Waals surface area contributed by atoms with E-state index in [4.69, 9.17) is 11.6 Å². The summed E-state index contributed by atoms with van der Waals surface area (Å²) in [6.45, 7) is 6.08. The van der Waals surface area contributed by atoms with Crippen LogP contribution < -0.4 is 4.72 Å². The van der Waals surface area contributed by atoms with Crippen molar-refractivity contribution in [2.24, 2.45) is 5.41 Å². The summed E-state index contributed by atoms with van der Waals surface area (Å²) in [6.07, 6.45) is 0.627. The zero-order chi connectivity index (χ0) is 13.8. The standard InChI is InChI=1S/C13H20ClNO2S/c1-13(2,3)8-9-18(16,17)15-12-6-4-11(10-14)5-7-12/h4-7,15H,8-10H2,1-3H3. The van der Waals surface area contributed by atoms with E-state index in [9.17, 15) is 8.42 Å². The molecule has 5 heteroatoms. The molecule has 0 saturated carbocycles. The highest BCUT2D eigenvalue weighted by Crippen LogP contribution is 2.20. The number of benzene rings is 1. The highest BCUT2D eigenvalue weighted by molar-refractivity contribution is 7.92. The molecule has 0 aromatic heterocycles. The first-order valence-electron chi connectivity index (χ1n) is 5.87. The number of halogens is 1. The van der Waals surface area contributed by atoms with Crippen LogP contribution in [0.25, 0.3) is 0 Å². The van der Waals surface area contributed by atoms with Gasteiger partial charge >= 0.3 is 0 Å². The van der Waals surface area contributed by atoms with Gasteiger partial charge < -0.3 is 0 Å². The topological polar surface area (TPSA) is 46.2 Å². The summed E-state index contributed by atoms with van der Waals surface area (Å²) in [4.78, 5) is 0. The van der Waals surface area contributed by atoms with Gasteiger partial charge in [0.25, 0.3) is 0 Å². The molecular formula is C13H20ClNO2S. The third kappa shape index (κ3) is 5.74. The number of hydrogen-bond donors (Lipinski definition) is 1. The van der Waals surface area contributed by atoms with Crippen molar-refractivity contribution in [3.05, 3.63) is 29.8 Å². The molecule has 0 radical (unpaired) electrons. The maximum absolute atomic E-state index is 11.9. The van der Waals surface area contributed by atoms with Gasteiger partial charge in [0.15, 0.2) is 0 Å². The first-order chi connectivity index (χ1) is 8.22. The number of nitrogens with one attached hydrogen (secondary N) is 1. The van der Waals surface area contributed by atoms with E-state index in [-0.39, 0.29) is 11.2 Å². The second-order valence-corrected chi connectivity index (χ2v) is 7.67. The Hall–Kier alpha value is -0.740. The SMILES string of the molecule is CC(C)(C)CCS(=O)(=O)Nc1ccc(CCl)cc1. The lowest BCUT2D eigenvalue weighted by atomic mass is 9.94. The Bertz CT molecular complexity index is 475. The van der Waals surface area contributed by atoms with Crippen molar-refractivity contribution < 1.29 is 8.42 Å². The van der Waals surface area contributed by atoms with Crippen LogP contribution in [0.4, 0.5) is 5.69 Å². The van der Waals surface area contributed by atoms with Crippen LogP contribution in [-0.4, -0.2) is 14.2 Å².